The molecular weight excluding hydrogens is 244 g/mol. The lowest BCUT2D eigenvalue weighted by atomic mass is 9.84. The van der Waals surface area contributed by atoms with Crippen LogP contribution < -0.4 is 10.6 Å². The number of hydrogen-bond acceptors (Lipinski definition) is 2. The fraction of sp³-hybridized carbons (Fsp3) is 0.857. The lowest BCUT2D eigenvalue weighted by molar-refractivity contribution is -0.142. The molecule has 0 saturated heterocycles. The molecule has 0 heterocycles. The van der Waals surface area contributed by atoms with Crippen molar-refractivity contribution in [2.75, 3.05) is 0 Å². The van der Waals surface area contributed by atoms with Gasteiger partial charge in [-0.05, 0) is 57.8 Å². The van der Waals surface area contributed by atoms with Crippen LogP contribution in [0.25, 0.3) is 0 Å². The first-order chi connectivity index (χ1) is 8.79. The summed E-state index contributed by atoms with van der Waals surface area (Å²) >= 11 is 0. The molecular formula is C14H24N2O3. The molecule has 2 aliphatic rings. The first kappa shape index (κ1) is 14.2. The number of carboxylic acids is 1. The van der Waals surface area contributed by atoms with Crippen molar-refractivity contribution in [1.29, 1.82) is 0 Å². The highest BCUT2D eigenvalue weighted by atomic mass is 16.4. The normalized spacial score (nSPS) is 31.0. The Kier molecular flexibility index (Phi) is 3.74. The molecule has 4 atom stereocenters. The van der Waals surface area contributed by atoms with E-state index in [0.717, 1.165) is 11.8 Å². The number of aliphatic carboxylic acids is 1. The quantitative estimate of drug-likeness (QED) is 0.729. The maximum absolute atomic E-state index is 11.9. The maximum atomic E-state index is 11.9. The van der Waals surface area contributed by atoms with E-state index in [0.29, 0.717) is 5.92 Å². The van der Waals surface area contributed by atoms with Crippen molar-refractivity contribution in [3.63, 3.8) is 0 Å². The van der Waals surface area contributed by atoms with Crippen molar-refractivity contribution in [1.82, 2.24) is 10.6 Å². The molecule has 108 valence electrons. The third kappa shape index (κ3) is 3.01. The van der Waals surface area contributed by atoms with E-state index in [9.17, 15) is 9.59 Å². The van der Waals surface area contributed by atoms with Gasteiger partial charge in [-0.25, -0.2) is 9.59 Å². The number of carboxylic acid groups (broad SMARTS) is 1. The molecule has 0 radical (unpaired) electrons. The number of carbonyl (C=O) groups excluding carboxylic acids is 1. The Balaban J connectivity index is 1.84. The molecule has 2 aliphatic carbocycles. The summed E-state index contributed by atoms with van der Waals surface area (Å²) < 4.78 is 0. The highest BCUT2D eigenvalue weighted by molar-refractivity contribution is 5.85. The number of fused-ring (bicyclic) bond motifs is 2. The molecule has 5 heteroatoms. The van der Waals surface area contributed by atoms with Crippen LogP contribution in [-0.2, 0) is 4.79 Å². The van der Waals surface area contributed by atoms with Gasteiger partial charge in [0.15, 0.2) is 0 Å². The van der Waals surface area contributed by atoms with E-state index in [4.69, 9.17) is 5.11 Å². The maximum Gasteiger partial charge on any atom is 0.328 e. The second-order valence-corrected chi connectivity index (χ2v) is 6.66. The number of hydrogen-bond donors (Lipinski definition) is 3. The zero-order chi connectivity index (χ0) is 14.2. The second-order valence-electron chi connectivity index (χ2n) is 6.66. The van der Waals surface area contributed by atoms with Crippen LogP contribution in [0.5, 0.6) is 0 Å². The number of nitrogens with one attached hydrogen (secondary N) is 2. The van der Waals surface area contributed by atoms with Crippen molar-refractivity contribution in [2.24, 2.45) is 17.8 Å². The highest BCUT2D eigenvalue weighted by Crippen LogP contribution is 2.49. The third-order valence-corrected chi connectivity index (χ3v) is 4.75. The lowest BCUT2D eigenvalue weighted by Crippen LogP contribution is -2.55. The molecule has 5 nitrogen and oxygen atoms in total. The van der Waals surface area contributed by atoms with E-state index in [1.807, 2.05) is 6.92 Å². The summed E-state index contributed by atoms with van der Waals surface area (Å²) in [7, 11) is 0. The van der Waals surface area contributed by atoms with Gasteiger partial charge in [0.25, 0.3) is 0 Å². The zero-order valence-electron chi connectivity index (χ0n) is 11.9. The molecule has 2 fully saturated rings. The van der Waals surface area contributed by atoms with Crippen LogP contribution in [0.3, 0.4) is 0 Å². The van der Waals surface area contributed by atoms with Crippen LogP contribution in [0.2, 0.25) is 0 Å². The predicted octanol–water partition coefficient (Wildman–Crippen LogP) is 1.97. The van der Waals surface area contributed by atoms with Gasteiger partial charge in [-0.15, -0.1) is 0 Å². The average Bonchev–Trinajstić information content (AvgIpc) is 2.89. The van der Waals surface area contributed by atoms with Gasteiger partial charge < -0.3 is 15.7 Å². The SMILES string of the molecule is CC(NC(=O)NC(C)(C)C(=O)O)C1CC2CCC1C2. The minimum Gasteiger partial charge on any atom is -0.480 e. The minimum atomic E-state index is -1.24. The van der Waals surface area contributed by atoms with Crippen molar-refractivity contribution in [2.45, 2.75) is 58.0 Å². The summed E-state index contributed by atoms with van der Waals surface area (Å²) in [6, 6.07) is -0.275. The van der Waals surface area contributed by atoms with E-state index in [1.165, 1.54) is 39.5 Å². The van der Waals surface area contributed by atoms with E-state index < -0.39 is 11.5 Å². The van der Waals surface area contributed by atoms with Crippen molar-refractivity contribution >= 4 is 12.0 Å². The first-order valence-corrected chi connectivity index (χ1v) is 7.11. The van der Waals surface area contributed by atoms with E-state index in [1.54, 1.807) is 0 Å². The Bertz CT molecular complexity index is 381. The standard InChI is InChI=1S/C14H24N2O3/c1-8(11-7-9-4-5-10(11)6-9)15-13(19)16-14(2,3)12(17)18/h8-11H,4-7H2,1-3H3,(H,17,18)(H2,15,16,19). The van der Waals surface area contributed by atoms with Gasteiger partial charge in [-0.1, -0.05) is 6.42 Å². The van der Waals surface area contributed by atoms with E-state index in [2.05, 4.69) is 10.6 Å². The summed E-state index contributed by atoms with van der Waals surface area (Å²) in [4.78, 5) is 22.8. The van der Waals surface area contributed by atoms with Gasteiger partial charge in [0.1, 0.15) is 5.54 Å². The molecule has 2 saturated carbocycles. The monoisotopic (exact) mass is 268 g/mol. The topological polar surface area (TPSA) is 78.4 Å². The molecule has 0 aliphatic heterocycles. The molecule has 2 rings (SSSR count). The summed E-state index contributed by atoms with van der Waals surface area (Å²) in [5.41, 5.74) is -1.24. The molecule has 0 aromatic carbocycles. The Morgan fingerprint density at radius 3 is 2.42 bits per heavy atom. The van der Waals surface area contributed by atoms with Crippen molar-refractivity contribution in [3.8, 4) is 0 Å². The molecule has 0 aromatic rings. The van der Waals surface area contributed by atoms with Crippen LogP contribution >= 0.6 is 0 Å². The Labute approximate surface area is 114 Å². The summed E-state index contributed by atoms with van der Waals surface area (Å²) in [6.45, 7) is 4.99. The van der Waals surface area contributed by atoms with Gasteiger partial charge in [-0.2, -0.15) is 0 Å². The van der Waals surface area contributed by atoms with E-state index >= 15 is 0 Å². The fourth-order valence-corrected chi connectivity index (χ4v) is 3.59. The largest absolute Gasteiger partial charge is 0.480 e. The minimum absolute atomic E-state index is 0.111. The molecule has 4 unspecified atom stereocenters. The molecule has 2 bridgehead atoms. The van der Waals surface area contributed by atoms with Gasteiger partial charge >= 0.3 is 12.0 Å². The number of rotatable bonds is 4. The lowest BCUT2D eigenvalue weighted by Gasteiger charge is -2.30. The van der Waals surface area contributed by atoms with E-state index in [-0.39, 0.29) is 12.1 Å². The summed E-state index contributed by atoms with van der Waals surface area (Å²) in [6.07, 6.45) is 5.13. The number of amides is 2. The fourth-order valence-electron chi connectivity index (χ4n) is 3.59. The van der Waals surface area contributed by atoms with Gasteiger partial charge in [-0.3, -0.25) is 0 Å². The van der Waals surface area contributed by atoms with Gasteiger partial charge in [0.2, 0.25) is 0 Å². The molecule has 0 aromatic heterocycles. The molecule has 0 spiro atoms. The summed E-state index contributed by atoms with van der Waals surface area (Å²) in [5, 5.41) is 14.4. The predicted molar refractivity (Wildman–Crippen MR) is 71.8 cm³/mol. The Morgan fingerprint density at radius 1 is 1.26 bits per heavy atom. The molecule has 2 amide bonds. The van der Waals surface area contributed by atoms with Gasteiger partial charge in [0.05, 0.1) is 0 Å². The van der Waals surface area contributed by atoms with Crippen LogP contribution in [0, 0.1) is 17.8 Å². The van der Waals surface area contributed by atoms with Crippen LogP contribution in [-0.4, -0.2) is 28.7 Å². The van der Waals surface area contributed by atoms with Gasteiger partial charge in [0, 0.05) is 6.04 Å². The van der Waals surface area contributed by atoms with Crippen LogP contribution in [0.4, 0.5) is 4.79 Å². The second kappa shape index (κ2) is 5.02. The Morgan fingerprint density at radius 2 is 1.95 bits per heavy atom. The summed E-state index contributed by atoms with van der Waals surface area (Å²) in [5.74, 6) is 1.11. The third-order valence-electron chi connectivity index (χ3n) is 4.75. The molecule has 3 N–H and O–H groups in total. The number of carbonyl (C=O) groups is 2. The van der Waals surface area contributed by atoms with Crippen molar-refractivity contribution in [3.05, 3.63) is 0 Å². The Hall–Kier alpha value is -1.26. The van der Waals surface area contributed by atoms with Crippen molar-refractivity contribution < 1.29 is 14.7 Å². The average molecular weight is 268 g/mol. The van der Waals surface area contributed by atoms with Crippen LogP contribution in [0.15, 0.2) is 0 Å². The molecule has 19 heavy (non-hydrogen) atoms. The zero-order valence-corrected chi connectivity index (χ0v) is 11.9. The van der Waals surface area contributed by atoms with Crippen LogP contribution in [0.1, 0.15) is 46.5 Å². The first-order valence-electron chi connectivity index (χ1n) is 7.11. The number of urea groups is 1. The highest BCUT2D eigenvalue weighted by Gasteiger charge is 2.42. The smallest absolute Gasteiger partial charge is 0.328 e.